The quantitative estimate of drug-likeness (QED) is 0.337. The lowest BCUT2D eigenvalue weighted by Gasteiger charge is -2.06. The Bertz CT molecular complexity index is 810. The Morgan fingerprint density at radius 1 is 1.38 bits per heavy atom. The monoisotopic (exact) mass is 375 g/mol. The number of alkyl carbamates (subject to hydrolysis) is 1. The lowest BCUT2D eigenvalue weighted by atomic mass is 10.2. The second-order valence-corrected chi connectivity index (χ2v) is 5.77. The summed E-state index contributed by atoms with van der Waals surface area (Å²) in [6, 6.07) is 10.7. The highest BCUT2D eigenvalue weighted by Crippen LogP contribution is 2.24. The summed E-state index contributed by atoms with van der Waals surface area (Å²) in [5.41, 5.74) is 1.54. The first-order chi connectivity index (χ1) is 12.5. The third-order valence-electron chi connectivity index (χ3n) is 3.45. The molecule has 0 bridgehead atoms. The zero-order chi connectivity index (χ0) is 18.9. The number of rotatable bonds is 7. The van der Waals surface area contributed by atoms with Gasteiger partial charge in [0.1, 0.15) is 17.5 Å². The molecular weight excluding hydrogens is 358 g/mol. The molecule has 8 heteroatoms. The van der Waals surface area contributed by atoms with Gasteiger partial charge in [0.05, 0.1) is 4.92 Å². The van der Waals surface area contributed by atoms with Gasteiger partial charge in [-0.2, -0.15) is 0 Å². The SMILES string of the molecule is Cc1nc(Cl)c(C=CCCNC(=O)OCc2ccccc2)cc1[N+](=O)[O-]. The van der Waals surface area contributed by atoms with E-state index in [0.717, 1.165) is 5.56 Å². The molecule has 1 heterocycles. The van der Waals surface area contributed by atoms with E-state index in [1.165, 1.54) is 13.0 Å². The van der Waals surface area contributed by atoms with Crippen molar-refractivity contribution >= 4 is 29.5 Å². The minimum atomic E-state index is -0.507. The molecule has 136 valence electrons. The lowest BCUT2D eigenvalue weighted by molar-refractivity contribution is -0.385. The first kappa shape index (κ1) is 19.4. The second-order valence-electron chi connectivity index (χ2n) is 5.41. The number of hydrogen-bond acceptors (Lipinski definition) is 5. The fraction of sp³-hybridized carbons (Fsp3) is 0.222. The number of carbonyl (C=O) groups excluding carboxylic acids is 1. The van der Waals surface area contributed by atoms with Gasteiger partial charge in [-0.15, -0.1) is 0 Å². The van der Waals surface area contributed by atoms with E-state index < -0.39 is 11.0 Å². The minimum absolute atomic E-state index is 0.0864. The Morgan fingerprint density at radius 2 is 2.12 bits per heavy atom. The van der Waals surface area contributed by atoms with Crippen LogP contribution in [0.15, 0.2) is 42.5 Å². The normalized spacial score (nSPS) is 10.7. The zero-order valence-electron chi connectivity index (χ0n) is 14.1. The number of carbonyl (C=O) groups is 1. The molecule has 1 amide bonds. The summed E-state index contributed by atoms with van der Waals surface area (Å²) >= 11 is 5.99. The Kier molecular flexibility index (Phi) is 7.11. The van der Waals surface area contributed by atoms with Gasteiger partial charge in [-0.3, -0.25) is 10.1 Å². The smallest absolute Gasteiger partial charge is 0.407 e. The number of nitrogens with one attached hydrogen (secondary N) is 1. The van der Waals surface area contributed by atoms with Gasteiger partial charge in [-0.25, -0.2) is 9.78 Å². The fourth-order valence-electron chi connectivity index (χ4n) is 2.12. The largest absolute Gasteiger partial charge is 0.445 e. The molecule has 0 saturated heterocycles. The number of benzene rings is 1. The Balaban J connectivity index is 1.78. The van der Waals surface area contributed by atoms with Gasteiger partial charge in [0, 0.05) is 18.2 Å². The van der Waals surface area contributed by atoms with Crippen molar-refractivity contribution < 1.29 is 14.5 Å². The highest BCUT2D eigenvalue weighted by molar-refractivity contribution is 6.30. The number of pyridine rings is 1. The van der Waals surface area contributed by atoms with Crippen molar-refractivity contribution in [3.8, 4) is 0 Å². The van der Waals surface area contributed by atoms with E-state index in [1.54, 1.807) is 12.2 Å². The molecule has 2 rings (SSSR count). The molecule has 7 nitrogen and oxygen atoms in total. The highest BCUT2D eigenvalue weighted by Gasteiger charge is 2.14. The van der Waals surface area contributed by atoms with Crippen LogP contribution in [-0.4, -0.2) is 22.5 Å². The van der Waals surface area contributed by atoms with E-state index in [0.29, 0.717) is 18.5 Å². The Morgan fingerprint density at radius 3 is 2.81 bits per heavy atom. The third kappa shape index (κ3) is 5.86. The van der Waals surface area contributed by atoms with Crippen LogP contribution in [0.25, 0.3) is 6.08 Å². The molecule has 26 heavy (non-hydrogen) atoms. The molecule has 1 N–H and O–H groups in total. The molecule has 0 radical (unpaired) electrons. The van der Waals surface area contributed by atoms with Crippen molar-refractivity contribution in [1.29, 1.82) is 0 Å². The molecule has 1 aromatic carbocycles. The molecule has 0 saturated carbocycles. The number of amides is 1. The van der Waals surface area contributed by atoms with Gasteiger partial charge in [0.15, 0.2) is 0 Å². The zero-order valence-corrected chi connectivity index (χ0v) is 14.9. The Labute approximate surface area is 155 Å². The maximum Gasteiger partial charge on any atom is 0.407 e. The van der Waals surface area contributed by atoms with Gasteiger partial charge < -0.3 is 10.1 Å². The van der Waals surface area contributed by atoms with Gasteiger partial charge in [-0.1, -0.05) is 54.1 Å². The number of hydrogen-bond donors (Lipinski definition) is 1. The number of halogens is 1. The number of aromatic nitrogens is 1. The number of nitro groups is 1. The van der Waals surface area contributed by atoms with Gasteiger partial charge in [0.2, 0.25) is 0 Å². The van der Waals surface area contributed by atoms with E-state index in [9.17, 15) is 14.9 Å². The molecule has 0 unspecified atom stereocenters. The summed E-state index contributed by atoms with van der Waals surface area (Å²) < 4.78 is 5.09. The number of nitrogens with zero attached hydrogens (tertiary/aromatic N) is 2. The maximum atomic E-state index is 11.6. The minimum Gasteiger partial charge on any atom is -0.445 e. The maximum absolute atomic E-state index is 11.6. The predicted molar refractivity (Wildman–Crippen MR) is 98.9 cm³/mol. The van der Waals surface area contributed by atoms with Crippen LogP contribution in [0.4, 0.5) is 10.5 Å². The van der Waals surface area contributed by atoms with Crippen molar-refractivity contribution in [2.24, 2.45) is 0 Å². The van der Waals surface area contributed by atoms with E-state index in [1.807, 2.05) is 30.3 Å². The molecule has 0 aliphatic rings. The van der Waals surface area contributed by atoms with E-state index in [2.05, 4.69) is 10.3 Å². The average molecular weight is 376 g/mol. The summed E-state index contributed by atoms with van der Waals surface area (Å²) in [4.78, 5) is 26.0. The van der Waals surface area contributed by atoms with E-state index >= 15 is 0 Å². The molecule has 0 aliphatic carbocycles. The molecule has 0 spiro atoms. The second kappa shape index (κ2) is 9.53. The number of ether oxygens (including phenoxy) is 1. The predicted octanol–water partition coefficient (Wildman–Crippen LogP) is 4.28. The van der Waals surface area contributed by atoms with Crippen LogP contribution in [0, 0.1) is 17.0 Å². The average Bonchev–Trinajstić information content (AvgIpc) is 2.61. The first-order valence-corrected chi connectivity index (χ1v) is 8.28. The third-order valence-corrected chi connectivity index (χ3v) is 3.76. The van der Waals surface area contributed by atoms with Crippen LogP contribution in [-0.2, 0) is 11.3 Å². The van der Waals surface area contributed by atoms with Crippen molar-refractivity contribution in [3.05, 3.63) is 74.6 Å². The molecule has 0 atom stereocenters. The van der Waals surface area contributed by atoms with E-state index in [4.69, 9.17) is 16.3 Å². The molecular formula is C18H18ClN3O4. The van der Waals surface area contributed by atoms with Gasteiger partial charge in [0.25, 0.3) is 5.69 Å². The molecule has 1 aromatic heterocycles. The van der Waals surface area contributed by atoms with Crippen LogP contribution in [0.3, 0.4) is 0 Å². The molecule has 0 aliphatic heterocycles. The van der Waals surface area contributed by atoms with Crippen LogP contribution in [0.2, 0.25) is 5.15 Å². The molecule has 0 fully saturated rings. The van der Waals surface area contributed by atoms with Crippen molar-refractivity contribution in [2.75, 3.05) is 6.54 Å². The topological polar surface area (TPSA) is 94.4 Å². The standard InChI is InChI=1S/C18H18ClN3O4/c1-13-16(22(24)25)11-15(17(19)21-13)9-5-6-10-20-18(23)26-12-14-7-3-2-4-8-14/h2-5,7-9,11H,6,10,12H2,1H3,(H,20,23). The van der Waals surface area contributed by atoms with Crippen LogP contribution >= 0.6 is 11.6 Å². The Hall–Kier alpha value is -2.93. The van der Waals surface area contributed by atoms with Crippen molar-refractivity contribution in [2.45, 2.75) is 20.0 Å². The first-order valence-electron chi connectivity index (χ1n) is 7.90. The summed E-state index contributed by atoms with van der Waals surface area (Å²) in [6.45, 7) is 2.10. The van der Waals surface area contributed by atoms with Crippen LogP contribution in [0.5, 0.6) is 0 Å². The van der Waals surface area contributed by atoms with Crippen molar-refractivity contribution in [1.82, 2.24) is 10.3 Å². The summed E-state index contributed by atoms with van der Waals surface area (Å²) in [6.07, 6.45) is 3.39. The van der Waals surface area contributed by atoms with E-state index in [-0.39, 0.29) is 23.1 Å². The van der Waals surface area contributed by atoms with Gasteiger partial charge >= 0.3 is 6.09 Å². The summed E-state index contributed by atoms with van der Waals surface area (Å²) in [7, 11) is 0. The molecule has 2 aromatic rings. The highest BCUT2D eigenvalue weighted by atomic mass is 35.5. The fourth-order valence-corrected chi connectivity index (χ4v) is 2.37. The number of aryl methyl sites for hydroxylation is 1. The summed E-state index contributed by atoms with van der Waals surface area (Å²) in [5, 5.41) is 13.8. The van der Waals surface area contributed by atoms with Crippen LogP contribution < -0.4 is 5.32 Å². The summed E-state index contributed by atoms with van der Waals surface area (Å²) in [5.74, 6) is 0. The van der Waals surface area contributed by atoms with Gasteiger partial charge in [-0.05, 0) is 18.9 Å². The lowest BCUT2D eigenvalue weighted by Crippen LogP contribution is -2.24. The van der Waals surface area contributed by atoms with Crippen molar-refractivity contribution in [3.63, 3.8) is 0 Å². The van der Waals surface area contributed by atoms with Crippen LogP contribution in [0.1, 0.15) is 23.2 Å².